The molecule has 0 amide bonds. The lowest BCUT2D eigenvalue weighted by atomic mass is 9.78. The van der Waals surface area contributed by atoms with E-state index in [1.54, 1.807) is 0 Å². The standard InChI is InChI=1S/C9H17NO/c1-2-10-5-3-4-9(6-10)7-11-8-9/h2-8H2,1H3. The van der Waals surface area contributed by atoms with Crippen LogP contribution in [-0.4, -0.2) is 37.7 Å². The minimum absolute atomic E-state index is 0.578. The molecule has 0 atom stereocenters. The van der Waals surface area contributed by atoms with Crippen LogP contribution in [0.4, 0.5) is 0 Å². The maximum absolute atomic E-state index is 5.28. The van der Waals surface area contributed by atoms with E-state index in [0.717, 1.165) is 13.2 Å². The minimum atomic E-state index is 0.578. The first-order chi connectivity index (χ1) is 5.35. The van der Waals surface area contributed by atoms with Crippen molar-refractivity contribution in [1.29, 1.82) is 0 Å². The summed E-state index contributed by atoms with van der Waals surface area (Å²) in [5, 5.41) is 0. The summed E-state index contributed by atoms with van der Waals surface area (Å²) in [6.07, 6.45) is 2.76. The van der Waals surface area contributed by atoms with Gasteiger partial charge in [-0.2, -0.15) is 0 Å². The monoisotopic (exact) mass is 155 g/mol. The van der Waals surface area contributed by atoms with Crippen LogP contribution < -0.4 is 0 Å². The van der Waals surface area contributed by atoms with Gasteiger partial charge in [0.2, 0.25) is 0 Å². The molecule has 2 heteroatoms. The maximum Gasteiger partial charge on any atom is 0.0557 e. The van der Waals surface area contributed by atoms with Gasteiger partial charge in [0.1, 0.15) is 0 Å². The Morgan fingerprint density at radius 3 is 2.82 bits per heavy atom. The van der Waals surface area contributed by atoms with Crippen LogP contribution in [-0.2, 0) is 4.74 Å². The topological polar surface area (TPSA) is 12.5 Å². The fraction of sp³-hybridized carbons (Fsp3) is 1.00. The second-order valence-electron chi connectivity index (χ2n) is 3.97. The summed E-state index contributed by atoms with van der Waals surface area (Å²) in [6, 6.07) is 0. The van der Waals surface area contributed by atoms with Gasteiger partial charge in [-0.1, -0.05) is 6.92 Å². The Labute approximate surface area is 68.5 Å². The van der Waals surface area contributed by atoms with Crippen molar-refractivity contribution >= 4 is 0 Å². The Hall–Kier alpha value is -0.0800. The van der Waals surface area contributed by atoms with Crippen LogP contribution in [0.3, 0.4) is 0 Å². The van der Waals surface area contributed by atoms with Crippen molar-refractivity contribution in [2.45, 2.75) is 19.8 Å². The molecule has 0 aromatic heterocycles. The van der Waals surface area contributed by atoms with Crippen LogP contribution in [0.15, 0.2) is 0 Å². The Balaban J connectivity index is 1.92. The molecule has 2 rings (SSSR count). The molecule has 2 fully saturated rings. The van der Waals surface area contributed by atoms with Gasteiger partial charge in [0.05, 0.1) is 13.2 Å². The summed E-state index contributed by atoms with van der Waals surface area (Å²) in [4.78, 5) is 2.55. The van der Waals surface area contributed by atoms with Gasteiger partial charge in [0, 0.05) is 12.0 Å². The van der Waals surface area contributed by atoms with Gasteiger partial charge in [-0.3, -0.25) is 0 Å². The largest absolute Gasteiger partial charge is 0.380 e. The number of likely N-dealkylation sites (tertiary alicyclic amines) is 1. The molecule has 0 aliphatic carbocycles. The third-order valence-electron chi connectivity index (χ3n) is 3.00. The van der Waals surface area contributed by atoms with Crippen LogP contribution in [0.2, 0.25) is 0 Å². The van der Waals surface area contributed by atoms with E-state index >= 15 is 0 Å². The number of hydrogen-bond acceptors (Lipinski definition) is 2. The van der Waals surface area contributed by atoms with Crippen molar-refractivity contribution in [1.82, 2.24) is 4.90 Å². The van der Waals surface area contributed by atoms with E-state index in [2.05, 4.69) is 11.8 Å². The molecule has 2 aliphatic rings. The Bertz CT molecular complexity index is 142. The first-order valence-corrected chi connectivity index (χ1v) is 4.65. The smallest absolute Gasteiger partial charge is 0.0557 e. The van der Waals surface area contributed by atoms with E-state index < -0.39 is 0 Å². The first-order valence-electron chi connectivity index (χ1n) is 4.65. The number of piperidine rings is 1. The first kappa shape index (κ1) is 7.56. The van der Waals surface area contributed by atoms with E-state index in [0.29, 0.717) is 5.41 Å². The summed E-state index contributed by atoms with van der Waals surface area (Å²) in [6.45, 7) is 8.08. The van der Waals surface area contributed by atoms with E-state index in [-0.39, 0.29) is 0 Å². The van der Waals surface area contributed by atoms with Gasteiger partial charge < -0.3 is 9.64 Å². The summed E-state index contributed by atoms with van der Waals surface area (Å²) >= 11 is 0. The molecular weight excluding hydrogens is 138 g/mol. The van der Waals surface area contributed by atoms with Gasteiger partial charge in [-0.05, 0) is 25.9 Å². The minimum Gasteiger partial charge on any atom is -0.380 e. The predicted molar refractivity (Wildman–Crippen MR) is 44.6 cm³/mol. The lowest BCUT2D eigenvalue weighted by molar-refractivity contribution is -0.143. The molecule has 0 N–H and O–H groups in total. The molecule has 1 spiro atoms. The average molecular weight is 155 g/mol. The van der Waals surface area contributed by atoms with Crippen LogP contribution in [0.1, 0.15) is 19.8 Å². The molecule has 11 heavy (non-hydrogen) atoms. The lowest BCUT2D eigenvalue weighted by Gasteiger charge is -2.48. The van der Waals surface area contributed by atoms with Crippen molar-refractivity contribution in [2.24, 2.45) is 5.41 Å². The van der Waals surface area contributed by atoms with Gasteiger partial charge >= 0.3 is 0 Å². The van der Waals surface area contributed by atoms with Gasteiger partial charge in [-0.25, -0.2) is 0 Å². The summed E-state index contributed by atoms with van der Waals surface area (Å²) in [5.74, 6) is 0. The van der Waals surface area contributed by atoms with Gasteiger partial charge in [-0.15, -0.1) is 0 Å². The van der Waals surface area contributed by atoms with E-state index in [1.165, 1.54) is 32.5 Å². The SMILES string of the molecule is CCN1CCCC2(COC2)C1. The maximum atomic E-state index is 5.28. The molecule has 0 saturated carbocycles. The van der Waals surface area contributed by atoms with Crippen molar-refractivity contribution < 1.29 is 4.74 Å². The van der Waals surface area contributed by atoms with Crippen LogP contribution >= 0.6 is 0 Å². The summed E-state index contributed by atoms with van der Waals surface area (Å²) in [7, 11) is 0. The fourth-order valence-electron chi connectivity index (χ4n) is 2.21. The highest BCUT2D eigenvalue weighted by Gasteiger charge is 2.41. The van der Waals surface area contributed by atoms with Crippen molar-refractivity contribution in [2.75, 3.05) is 32.8 Å². The summed E-state index contributed by atoms with van der Waals surface area (Å²) < 4.78 is 5.28. The molecule has 2 heterocycles. The van der Waals surface area contributed by atoms with E-state index in [1.807, 2.05) is 0 Å². The van der Waals surface area contributed by atoms with E-state index in [9.17, 15) is 0 Å². The highest BCUT2D eigenvalue weighted by Crippen LogP contribution is 2.36. The molecule has 0 radical (unpaired) electrons. The van der Waals surface area contributed by atoms with E-state index in [4.69, 9.17) is 4.74 Å². The Kier molecular flexibility index (Phi) is 1.90. The zero-order chi connectivity index (χ0) is 7.73. The summed E-state index contributed by atoms with van der Waals surface area (Å²) in [5.41, 5.74) is 0.578. The lowest BCUT2D eigenvalue weighted by Crippen LogP contribution is -2.54. The van der Waals surface area contributed by atoms with Crippen LogP contribution in [0, 0.1) is 5.41 Å². The third kappa shape index (κ3) is 1.30. The number of rotatable bonds is 1. The molecule has 64 valence electrons. The second-order valence-corrected chi connectivity index (χ2v) is 3.97. The van der Waals surface area contributed by atoms with Crippen molar-refractivity contribution in [3.05, 3.63) is 0 Å². The zero-order valence-corrected chi connectivity index (χ0v) is 7.31. The van der Waals surface area contributed by atoms with Gasteiger partial charge in [0.25, 0.3) is 0 Å². The number of ether oxygens (including phenoxy) is 1. The molecule has 2 aliphatic heterocycles. The number of nitrogens with zero attached hydrogens (tertiary/aromatic N) is 1. The normalized spacial score (nSPS) is 30.3. The molecule has 0 bridgehead atoms. The second kappa shape index (κ2) is 2.76. The molecule has 2 nitrogen and oxygen atoms in total. The third-order valence-corrected chi connectivity index (χ3v) is 3.00. The zero-order valence-electron chi connectivity index (χ0n) is 7.31. The number of hydrogen-bond donors (Lipinski definition) is 0. The van der Waals surface area contributed by atoms with Crippen molar-refractivity contribution in [3.8, 4) is 0 Å². The predicted octanol–water partition coefficient (Wildman–Crippen LogP) is 1.12. The Morgan fingerprint density at radius 2 is 2.27 bits per heavy atom. The Morgan fingerprint density at radius 1 is 1.45 bits per heavy atom. The molecule has 0 aromatic rings. The highest BCUT2D eigenvalue weighted by molar-refractivity contribution is 4.91. The fourth-order valence-corrected chi connectivity index (χ4v) is 2.21. The quantitative estimate of drug-likeness (QED) is 0.562. The molecular formula is C9H17NO. The highest BCUT2D eigenvalue weighted by atomic mass is 16.5. The van der Waals surface area contributed by atoms with Gasteiger partial charge in [0.15, 0.2) is 0 Å². The van der Waals surface area contributed by atoms with Crippen LogP contribution in [0.5, 0.6) is 0 Å². The average Bonchev–Trinajstić information content (AvgIpc) is 2.02. The molecule has 0 unspecified atom stereocenters. The molecule has 2 saturated heterocycles. The van der Waals surface area contributed by atoms with Crippen molar-refractivity contribution in [3.63, 3.8) is 0 Å². The van der Waals surface area contributed by atoms with Crippen LogP contribution in [0.25, 0.3) is 0 Å². The molecule has 0 aromatic carbocycles.